The number of rotatable bonds is 5. The summed E-state index contributed by atoms with van der Waals surface area (Å²) in [7, 11) is 0. The van der Waals surface area contributed by atoms with E-state index in [1.165, 1.54) is 0 Å². The van der Waals surface area contributed by atoms with Crippen LogP contribution in [0.3, 0.4) is 0 Å². The number of aryl methyl sites for hydroxylation is 1. The van der Waals surface area contributed by atoms with Gasteiger partial charge in [0.25, 0.3) is 5.91 Å². The highest BCUT2D eigenvalue weighted by Gasteiger charge is 2.20. The van der Waals surface area contributed by atoms with E-state index in [1.807, 2.05) is 19.9 Å². The quantitative estimate of drug-likeness (QED) is 0.698. The SMILES string of the molecule is CCCC(C)(O)CNC(=O)c1cc(C)ccc1N. The zero-order chi connectivity index (χ0) is 13.8. The van der Waals surface area contributed by atoms with Gasteiger partial charge in [-0.1, -0.05) is 25.0 Å². The maximum atomic E-state index is 12.0. The summed E-state index contributed by atoms with van der Waals surface area (Å²) < 4.78 is 0. The van der Waals surface area contributed by atoms with E-state index in [2.05, 4.69) is 5.32 Å². The summed E-state index contributed by atoms with van der Waals surface area (Å²) in [5, 5.41) is 12.7. The van der Waals surface area contributed by atoms with Crippen LogP contribution in [-0.2, 0) is 0 Å². The van der Waals surface area contributed by atoms with E-state index >= 15 is 0 Å². The molecule has 0 aliphatic heterocycles. The van der Waals surface area contributed by atoms with Gasteiger partial charge in [-0.2, -0.15) is 0 Å². The Balaban J connectivity index is 2.69. The molecule has 1 amide bonds. The summed E-state index contributed by atoms with van der Waals surface area (Å²) in [5.74, 6) is -0.243. The van der Waals surface area contributed by atoms with Crippen molar-refractivity contribution in [3.8, 4) is 0 Å². The first kappa shape index (κ1) is 14.5. The number of anilines is 1. The van der Waals surface area contributed by atoms with Crippen molar-refractivity contribution in [2.75, 3.05) is 12.3 Å². The van der Waals surface area contributed by atoms with Gasteiger partial charge in [-0.25, -0.2) is 0 Å². The van der Waals surface area contributed by atoms with E-state index in [0.29, 0.717) is 17.7 Å². The third-order valence-electron chi connectivity index (χ3n) is 2.87. The molecule has 100 valence electrons. The monoisotopic (exact) mass is 250 g/mol. The first-order chi connectivity index (χ1) is 8.35. The molecule has 0 spiro atoms. The molecule has 0 heterocycles. The largest absolute Gasteiger partial charge is 0.398 e. The highest BCUT2D eigenvalue weighted by Crippen LogP contribution is 2.15. The highest BCUT2D eigenvalue weighted by molar-refractivity contribution is 5.99. The van der Waals surface area contributed by atoms with E-state index in [1.54, 1.807) is 19.1 Å². The lowest BCUT2D eigenvalue weighted by atomic mass is 10.0. The second kappa shape index (κ2) is 5.87. The van der Waals surface area contributed by atoms with Gasteiger partial charge in [-0.05, 0) is 32.4 Å². The lowest BCUT2D eigenvalue weighted by molar-refractivity contribution is 0.0470. The van der Waals surface area contributed by atoms with E-state index in [4.69, 9.17) is 5.73 Å². The van der Waals surface area contributed by atoms with Gasteiger partial charge in [0.05, 0.1) is 11.2 Å². The van der Waals surface area contributed by atoms with Gasteiger partial charge in [0, 0.05) is 12.2 Å². The third-order valence-corrected chi connectivity index (χ3v) is 2.87. The fraction of sp³-hybridized carbons (Fsp3) is 0.500. The Hall–Kier alpha value is -1.55. The minimum absolute atomic E-state index is 0.229. The average Bonchev–Trinajstić information content (AvgIpc) is 2.29. The summed E-state index contributed by atoms with van der Waals surface area (Å²) in [6, 6.07) is 5.33. The average molecular weight is 250 g/mol. The van der Waals surface area contributed by atoms with Crippen molar-refractivity contribution in [2.45, 2.75) is 39.2 Å². The molecule has 1 atom stereocenters. The standard InChI is InChI=1S/C14H22N2O2/c1-4-7-14(3,18)9-16-13(17)11-8-10(2)5-6-12(11)15/h5-6,8,18H,4,7,9,15H2,1-3H3,(H,16,17). The Labute approximate surface area is 108 Å². The number of aliphatic hydroxyl groups is 1. The molecule has 0 saturated carbocycles. The van der Waals surface area contributed by atoms with Crippen LogP contribution in [-0.4, -0.2) is 23.2 Å². The summed E-state index contributed by atoms with van der Waals surface area (Å²) in [5.41, 5.74) is 6.79. The molecule has 4 heteroatoms. The maximum Gasteiger partial charge on any atom is 0.253 e. The molecule has 0 saturated heterocycles. The number of hydrogen-bond acceptors (Lipinski definition) is 3. The molecule has 1 rings (SSSR count). The molecular formula is C14H22N2O2. The van der Waals surface area contributed by atoms with Crippen molar-refractivity contribution in [2.24, 2.45) is 0 Å². The molecule has 4 nitrogen and oxygen atoms in total. The fourth-order valence-electron chi connectivity index (χ4n) is 1.86. The Morgan fingerprint density at radius 2 is 2.17 bits per heavy atom. The molecule has 0 aromatic heterocycles. The predicted octanol–water partition coefficient (Wildman–Crippen LogP) is 1.86. The van der Waals surface area contributed by atoms with Crippen LogP contribution >= 0.6 is 0 Å². The highest BCUT2D eigenvalue weighted by atomic mass is 16.3. The van der Waals surface area contributed by atoms with Crippen LogP contribution in [0.15, 0.2) is 18.2 Å². The summed E-state index contributed by atoms with van der Waals surface area (Å²) in [6.07, 6.45) is 1.52. The van der Waals surface area contributed by atoms with Crippen LogP contribution in [0, 0.1) is 6.92 Å². The minimum atomic E-state index is -0.872. The summed E-state index contributed by atoms with van der Waals surface area (Å²) in [4.78, 5) is 12.0. The number of carbonyl (C=O) groups is 1. The van der Waals surface area contributed by atoms with Gasteiger partial charge in [0.15, 0.2) is 0 Å². The van der Waals surface area contributed by atoms with Crippen molar-refractivity contribution in [1.82, 2.24) is 5.32 Å². The first-order valence-corrected chi connectivity index (χ1v) is 6.22. The topological polar surface area (TPSA) is 75.3 Å². The molecule has 0 bridgehead atoms. The van der Waals surface area contributed by atoms with Gasteiger partial charge >= 0.3 is 0 Å². The van der Waals surface area contributed by atoms with Crippen molar-refractivity contribution in [1.29, 1.82) is 0 Å². The summed E-state index contributed by atoms with van der Waals surface area (Å²) >= 11 is 0. The molecule has 1 unspecified atom stereocenters. The van der Waals surface area contributed by atoms with E-state index in [-0.39, 0.29) is 12.5 Å². The van der Waals surface area contributed by atoms with Crippen molar-refractivity contribution >= 4 is 11.6 Å². The zero-order valence-corrected chi connectivity index (χ0v) is 11.3. The van der Waals surface area contributed by atoms with E-state index in [0.717, 1.165) is 12.0 Å². The molecule has 0 aliphatic carbocycles. The smallest absolute Gasteiger partial charge is 0.253 e. The molecule has 18 heavy (non-hydrogen) atoms. The molecule has 1 aromatic carbocycles. The van der Waals surface area contributed by atoms with Crippen LogP contribution in [0.5, 0.6) is 0 Å². The number of hydrogen-bond donors (Lipinski definition) is 3. The number of nitrogen functional groups attached to an aromatic ring is 1. The van der Waals surface area contributed by atoms with Gasteiger partial charge in [-0.3, -0.25) is 4.79 Å². The van der Waals surface area contributed by atoms with Crippen LogP contribution in [0.4, 0.5) is 5.69 Å². The predicted molar refractivity (Wildman–Crippen MR) is 73.5 cm³/mol. The molecule has 1 aromatic rings. The molecule has 0 aliphatic rings. The lowest BCUT2D eigenvalue weighted by Crippen LogP contribution is -2.40. The molecule has 4 N–H and O–H groups in total. The van der Waals surface area contributed by atoms with E-state index < -0.39 is 5.60 Å². The van der Waals surface area contributed by atoms with Crippen LogP contribution in [0.25, 0.3) is 0 Å². The second-order valence-corrected chi connectivity index (χ2v) is 5.02. The van der Waals surface area contributed by atoms with Crippen LogP contribution in [0.1, 0.15) is 42.6 Å². The van der Waals surface area contributed by atoms with Gasteiger partial charge < -0.3 is 16.2 Å². The molecule has 0 radical (unpaired) electrons. The number of amides is 1. The maximum absolute atomic E-state index is 12.0. The second-order valence-electron chi connectivity index (χ2n) is 5.02. The number of nitrogens with two attached hydrogens (primary N) is 1. The number of carbonyl (C=O) groups excluding carboxylic acids is 1. The first-order valence-electron chi connectivity index (χ1n) is 6.22. The Bertz CT molecular complexity index is 428. The Morgan fingerprint density at radius 3 is 2.78 bits per heavy atom. The molecule has 0 fully saturated rings. The summed E-state index contributed by atoms with van der Waals surface area (Å²) in [6.45, 7) is 5.85. The van der Waals surface area contributed by atoms with Crippen molar-refractivity contribution < 1.29 is 9.90 Å². The van der Waals surface area contributed by atoms with Crippen LogP contribution in [0.2, 0.25) is 0 Å². The lowest BCUT2D eigenvalue weighted by Gasteiger charge is -2.23. The van der Waals surface area contributed by atoms with Crippen molar-refractivity contribution in [3.63, 3.8) is 0 Å². The van der Waals surface area contributed by atoms with E-state index in [9.17, 15) is 9.90 Å². The normalized spacial score (nSPS) is 14.0. The fourth-order valence-corrected chi connectivity index (χ4v) is 1.86. The van der Waals surface area contributed by atoms with Gasteiger partial charge in [0.1, 0.15) is 0 Å². The minimum Gasteiger partial charge on any atom is -0.398 e. The number of nitrogens with one attached hydrogen (secondary N) is 1. The van der Waals surface area contributed by atoms with Gasteiger partial charge in [-0.15, -0.1) is 0 Å². The Kier molecular flexibility index (Phi) is 4.73. The van der Waals surface area contributed by atoms with Crippen molar-refractivity contribution in [3.05, 3.63) is 29.3 Å². The molecular weight excluding hydrogens is 228 g/mol. The van der Waals surface area contributed by atoms with Gasteiger partial charge in [0.2, 0.25) is 0 Å². The third kappa shape index (κ3) is 4.04. The van der Waals surface area contributed by atoms with Crippen LogP contribution < -0.4 is 11.1 Å². The number of benzene rings is 1. The zero-order valence-electron chi connectivity index (χ0n) is 11.3. The Morgan fingerprint density at radius 1 is 1.50 bits per heavy atom.